The second-order valence-corrected chi connectivity index (χ2v) is 4.95. The van der Waals surface area contributed by atoms with Crippen molar-refractivity contribution in [3.63, 3.8) is 0 Å². The molecule has 0 amide bonds. The van der Waals surface area contributed by atoms with Crippen molar-refractivity contribution in [1.29, 1.82) is 0 Å². The number of hydrogen-bond acceptors (Lipinski definition) is 2. The van der Waals surface area contributed by atoms with Crippen molar-refractivity contribution in [3.05, 3.63) is 29.8 Å². The van der Waals surface area contributed by atoms with Gasteiger partial charge in [-0.05, 0) is 31.2 Å². The molecule has 2 atom stereocenters. The van der Waals surface area contributed by atoms with Gasteiger partial charge >= 0.3 is 0 Å². The average molecular weight is 234 g/mol. The quantitative estimate of drug-likeness (QED) is 0.863. The van der Waals surface area contributed by atoms with E-state index in [4.69, 9.17) is 4.74 Å². The first-order valence-corrected chi connectivity index (χ1v) is 6.69. The first kappa shape index (κ1) is 12.4. The Morgan fingerprint density at radius 3 is 2.88 bits per heavy atom. The van der Waals surface area contributed by atoms with E-state index in [9.17, 15) is 5.11 Å². The normalized spacial score (nSPS) is 24.6. The summed E-state index contributed by atoms with van der Waals surface area (Å²) in [7, 11) is 0. The predicted octanol–water partition coefficient (Wildman–Crippen LogP) is 3.53. The zero-order valence-electron chi connectivity index (χ0n) is 10.6. The fourth-order valence-electron chi connectivity index (χ4n) is 2.65. The summed E-state index contributed by atoms with van der Waals surface area (Å²) >= 11 is 0. The molecule has 1 aliphatic carbocycles. The van der Waals surface area contributed by atoms with Crippen LogP contribution in [-0.2, 0) is 6.61 Å². The van der Waals surface area contributed by atoms with Crippen LogP contribution in [-0.4, -0.2) is 11.2 Å². The van der Waals surface area contributed by atoms with Crippen molar-refractivity contribution in [3.8, 4) is 5.75 Å². The topological polar surface area (TPSA) is 29.5 Å². The van der Waals surface area contributed by atoms with E-state index in [1.54, 1.807) is 0 Å². The average Bonchev–Trinajstić information content (AvgIpc) is 2.39. The van der Waals surface area contributed by atoms with Crippen molar-refractivity contribution < 1.29 is 9.84 Å². The predicted molar refractivity (Wildman–Crippen MR) is 69.0 cm³/mol. The largest absolute Gasteiger partial charge is 0.490 e. The number of benzene rings is 1. The smallest absolute Gasteiger partial charge is 0.125 e. The molecule has 2 nitrogen and oxygen atoms in total. The summed E-state index contributed by atoms with van der Waals surface area (Å²) in [5.41, 5.74) is 0.895. The third kappa shape index (κ3) is 3.22. The second-order valence-electron chi connectivity index (χ2n) is 4.95. The van der Waals surface area contributed by atoms with Crippen LogP contribution in [0.1, 0.15) is 44.6 Å². The first-order valence-electron chi connectivity index (χ1n) is 6.69. The highest BCUT2D eigenvalue weighted by Crippen LogP contribution is 2.30. The van der Waals surface area contributed by atoms with Crippen molar-refractivity contribution in [1.82, 2.24) is 0 Å². The fourth-order valence-corrected chi connectivity index (χ4v) is 2.65. The van der Waals surface area contributed by atoms with Crippen molar-refractivity contribution >= 4 is 0 Å². The van der Waals surface area contributed by atoms with Crippen LogP contribution in [0.4, 0.5) is 0 Å². The van der Waals surface area contributed by atoms with E-state index >= 15 is 0 Å². The van der Waals surface area contributed by atoms with Gasteiger partial charge < -0.3 is 9.84 Å². The highest BCUT2D eigenvalue weighted by atomic mass is 16.5. The summed E-state index contributed by atoms with van der Waals surface area (Å²) in [5, 5.41) is 9.27. The highest BCUT2D eigenvalue weighted by Gasteiger charge is 2.22. The Bertz CT molecular complexity index is 349. The summed E-state index contributed by atoms with van der Waals surface area (Å²) in [5.74, 6) is 1.67. The summed E-state index contributed by atoms with van der Waals surface area (Å²) in [6.07, 6.45) is 6.51. The number of para-hydroxylation sites is 1. The third-order valence-corrected chi connectivity index (χ3v) is 3.75. The minimum atomic E-state index is 0.0557. The monoisotopic (exact) mass is 234 g/mol. The Morgan fingerprint density at radius 1 is 1.29 bits per heavy atom. The fraction of sp³-hybridized carbons (Fsp3) is 0.600. The molecule has 1 saturated carbocycles. The Morgan fingerprint density at radius 2 is 2.12 bits per heavy atom. The van der Waals surface area contributed by atoms with Crippen molar-refractivity contribution in [2.45, 2.75) is 51.7 Å². The van der Waals surface area contributed by atoms with Gasteiger partial charge in [-0.15, -0.1) is 0 Å². The van der Waals surface area contributed by atoms with Gasteiger partial charge in [0.25, 0.3) is 0 Å². The number of aliphatic hydroxyl groups excluding tert-OH is 1. The van der Waals surface area contributed by atoms with Gasteiger partial charge in [-0.2, -0.15) is 0 Å². The van der Waals surface area contributed by atoms with Crippen LogP contribution in [0.15, 0.2) is 24.3 Å². The van der Waals surface area contributed by atoms with Gasteiger partial charge in [-0.3, -0.25) is 0 Å². The lowest BCUT2D eigenvalue weighted by molar-refractivity contribution is 0.119. The van der Waals surface area contributed by atoms with E-state index < -0.39 is 0 Å². The molecule has 1 aromatic rings. The molecule has 2 unspecified atom stereocenters. The summed E-state index contributed by atoms with van der Waals surface area (Å²) in [4.78, 5) is 0. The van der Waals surface area contributed by atoms with Crippen LogP contribution in [0.25, 0.3) is 0 Å². The molecule has 1 fully saturated rings. The van der Waals surface area contributed by atoms with Crippen LogP contribution in [0, 0.1) is 5.92 Å². The van der Waals surface area contributed by atoms with Gasteiger partial charge in [0, 0.05) is 5.56 Å². The van der Waals surface area contributed by atoms with E-state index in [0.717, 1.165) is 30.1 Å². The lowest BCUT2D eigenvalue weighted by atomic mass is 9.85. The molecular formula is C15H22O2. The van der Waals surface area contributed by atoms with Gasteiger partial charge in [0.1, 0.15) is 5.75 Å². The highest BCUT2D eigenvalue weighted by molar-refractivity contribution is 5.32. The molecule has 0 bridgehead atoms. The van der Waals surface area contributed by atoms with E-state index in [-0.39, 0.29) is 6.61 Å². The van der Waals surface area contributed by atoms with Crippen molar-refractivity contribution in [2.75, 3.05) is 0 Å². The lowest BCUT2D eigenvalue weighted by Crippen LogP contribution is -2.25. The summed E-state index contributed by atoms with van der Waals surface area (Å²) < 4.78 is 6.05. The number of aliphatic hydroxyl groups is 1. The van der Waals surface area contributed by atoms with Crippen LogP contribution in [0.5, 0.6) is 5.75 Å². The number of rotatable bonds is 4. The third-order valence-electron chi connectivity index (χ3n) is 3.75. The summed E-state index contributed by atoms with van der Waals surface area (Å²) in [6.45, 7) is 2.31. The van der Waals surface area contributed by atoms with E-state index in [0.29, 0.717) is 6.10 Å². The van der Waals surface area contributed by atoms with Gasteiger partial charge in [-0.1, -0.05) is 38.0 Å². The van der Waals surface area contributed by atoms with Crippen molar-refractivity contribution in [2.24, 2.45) is 5.92 Å². The molecule has 0 aromatic heterocycles. The maximum absolute atomic E-state index is 9.27. The zero-order valence-corrected chi connectivity index (χ0v) is 10.6. The molecule has 2 rings (SSSR count). The SMILES string of the molecule is CCC1CCCC(Oc2ccccc2CO)C1. The van der Waals surface area contributed by atoms with Crippen LogP contribution in [0.2, 0.25) is 0 Å². The summed E-state index contributed by atoms with van der Waals surface area (Å²) in [6, 6.07) is 7.79. The van der Waals surface area contributed by atoms with Crippen LogP contribution < -0.4 is 4.74 Å². The van der Waals surface area contributed by atoms with Crippen LogP contribution in [0.3, 0.4) is 0 Å². The Balaban J connectivity index is 2.00. The second kappa shape index (κ2) is 6.06. The Hall–Kier alpha value is -1.02. The standard InChI is InChI=1S/C15H22O2/c1-2-12-6-5-8-14(10-12)17-15-9-4-3-7-13(15)11-16/h3-4,7,9,12,14,16H,2,5-6,8,10-11H2,1H3. The molecule has 0 radical (unpaired) electrons. The molecule has 0 saturated heterocycles. The van der Waals surface area contributed by atoms with Gasteiger partial charge in [0.2, 0.25) is 0 Å². The van der Waals surface area contributed by atoms with E-state index in [2.05, 4.69) is 6.92 Å². The lowest BCUT2D eigenvalue weighted by Gasteiger charge is -2.29. The minimum absolute atomic E-state index is 0.0557. The Kier molecular flexibility index (Phi) is 4.43. The van der Waals surface area contributed by atoms with Gasteiger partial charge in [0.15, 0.2) is 0 Å². The zero-order chi connectivity index (χ0) is 12.1. The van der Waals surface area contributed by atoms with Crippen LogP contribution >= 0.6 is 0 Å². The van der Waals surface area contributed by atoms with E-state index in [1.165, 1.54) is 19.3 Å². The maximum Gasteiger partial charge on any atom is 0.125 e. The Labute approximate surface area is 104 Å². The molecule has 0 heterocycles. The van der Waals surface area contributed by atoms with Gasteiger partial charge in [0.05, 0.1) is 12.7 Å². The minimum Gasteiger partial charge on any atom is -0.490 e. The molecule has 17 heavy (non-hydrogen) atoms. The van der Waals surface area contributed by atoms with Gasteiger partial charge in [-0.25, -0.2) is 0 Å². The van der Waals surface area contributed by atoms with E-state index in [1.807, 2.05) is 24.3 Å². The molecule has 1 aromatic carbocycles. The first-order chi connectivity index (χ1) is 8.33. The molecule has 2 heteroatoms. The molecular weight excluding hydrogens is 212 g/mol. The molecule has 0 aliphatic heterocycles. The number of hydrogen-bond donors (Lipinski definition) is 1. The molecule has 1 N–H and O–H groups in total. The molecule has 1 aliphatic rings. The molecule has 94 valence electrons. The molecule has 0 spiro atoms. The maximum atomic E-state index is 9.27. The number of ether oxygens (including phenoxy) is 1.